The summed E-state index contributed by atoms with van der Waals surface area (Å²) in [5.41, 5.74) is 7.85. The van der Waals surface area contributed by atoms with Crippen LogP contribution in [-0.2, 0) is 0 Å². The summed E-state index contributed by atoms with van der Waals surface area (Å²) < 4.78 is 5.21. The molecule has 0 saturated heterocycles. The van der Waals surface area contributed by atoms with Crippen LogP contribution in [0.1, 0.15) is 0 Å². The zero-order chi connectivity index (χ0) is 12.5. The third kappa shape index (κ3) is 1.98. The Labute approximate surface area is 112 Å². The molecule has 0 saturated carbocycles. The van der Waals surface area contributed by atoms with E-state index < -0.39 is 0 Å². The van der Waals surface area contributed by atoms with Crippen LogP contribution in [0, 0.1) is 0 Å². The predicted molar refractivity (Wildman–Crippen MR) is 72.5 cm³/mol. The molecule has 1 aromatic carbocycles. The Kier molecular flexibility index (Phi) is 2.77. The second kappa shape index (κ2) is 4.44. The molecular weight excluding hydrogens is 270 g/mol. The smallest absolute Gasteiger partial charge is 0.259 e. The molecule has 0 unspecified atom stereocenters. The maximum Gasteiger partial charge on any atom is 0.259 e. The molecule has 18 heavy (non-hydrogen) atoms. The van der Waals surface area contributed by atoms with Crippen molar-refractivity contribution in [3.8, 4) is 22.8 Å². The van der Waals surface area contributed by atoms with Gasteiger partial charge in [0.25, 0.3) is 5.89 Å². The number of hydrogen-bond acceptors (Lipinski definition) is 5. The average Bonchev–Trinajstić information content (AvgIpc) is 2.99. The highest BCUT2D eigenvalue weighted by Gasteiger charge is 2.13. The van der Waals surface area contributed by atoms with Gasteiger partial charge in [-0.2, -0.15) is 16.3 Å². The molecule has 2 N–H and O–H groups in total. The summed E-state index contributed by atoms with van der Waals surface area (Å²) in [4.78, 5) is 4.32. The quantitative estimate of drug-likeness (QED) is 0.725. The lowest BCUT2D eigenvalue weighted by Crippen LogP contribution is -1.86. The van der Waals surface area contributed by atoms with Gasteiger partial charge in [0.05, 0.1) is 10.6 Å². The lowest BCUT2D eigenvalue weighted by molar-refractivity contribution is 0.432. The molecule has 0 bridgehead atoms. The van der Waals surface area contributed by atoms with Crippen molar-refractivity contribution in [2.75, 3.05) is 5.73 Å². The molecular formula is C12H8ClN3OS. The van der Waals surface area contributed by atoms with E-state index in [-0.39, 0.29) is 0 Å². The van der Waals surface area contributed by atoms with Crippen molar-refractivity contribution in [2.24, 2.45) is 0 Å². The summed E-state index contributed by atoms with van der Waals surface area (Å²) >= 11 is 7.67. The first-order valence-electron chi connectivity index (χ1n) is 5.16. The maximum absolute atomic E-state index is 6.09. The molecule has 0 spiro atoms. The number of rotatable bonds is 2. The van der Waals surface area contributed by atoms with Gasteiger partial charge < -0.3 is 10.3 Å². The molecule has 2 aromatic heterocycles. The lowest BCUT2D eigenvalue weighted by atomic mass is 10.2. The average molecular weight is 278 g/mol. The van der Waals surface area contributed by atoms with Crippen LogP contribution in [0.3, 0.4) is 0 Å². The maximum atomic E-state index is 6.09. The Morgan fingerprint density at radius 3 is 2.89 bits per heavy atom. The Bertz CT molecular complexity index is 678. The second-order valence-corrected chi connectivity index (χ2v) is 4.86. The first-order valence-corrected chi connectivity index (χ1v) is 6.48. The van der Waals surface area contributed by atoms with E-state index in [0.717, 1.165) is 5.56 Å². The SMILES string of the molecule is Nc1ccc(-c2nc(-c3ccsc3)no2)c(Cl)c1. The standard InChI is InChI=1S/C12H8ClN3OS/c13-10-5-8(14)1-2-9(10)12-15-11(16-17-12)7-3-4-18-6-7/h1-6H,14H2. The van der Waals surface area contributed by atoms with Gasteiger partial charge in [0, 0.05) is 16.6 Å². The van der Waals surface area contributed by atoms with Crippen LogP contribution in [0.2, 0.25) is 5.02 Å². The van der Waals surface area contributed by atoms with Gasteiger partial charge in [0.1, 0.15) is 0 Å². The van der Waals surface area contributed by atoms with Crippen LogP contribution in [0.25, 0.3) is 22.8 Å². The van der Waals surface area contributed by atoms with Crippen molar-refractivity contribution >= 4 is 28.6 Å². The Balaban J connectivity index is 2.03. The van der Waals surface area contributed by atoms with Crippen LogP contribution in [0.5, 0.6) is 0 Å². The molecule has 3 rings (SSSR count). The first kappa shape index (κ1) is 11.3. The Morgan fingerprint density at radius 1 is 1.28 bits per heavy atom. The number of aromatic nitrogens is 2. The number of thiophene rings is 1. The fourth-order valence-electron chi connectivity index (χ4n) is 1.55. The van der Waals surface area contributed by atoms with Crippen molar-refractivity contribution in [1.82, 2.24) is 10.1 Å². The minimum absolute atomic E-state index is 0.390. The molecule has 0 atom stereocenters. The molecule has 0 aliphatic heterocycles. The molecule has 4 nitrogen and oxygen atoms in total. The van der Waals surface area contributed by atoms with Crippen molar-refractivity contribution in [3.05, 3.63) is 40.0 Å². The normalized spacial score (nSPS) is 10.7. The number of hydrogen-bond donors (Lipinski definition) is 1. The van der Waals surface area contributed by atoms with Crippen molar-refractivity contribution in [3.63, 3.8) is 0 Å². The fraction of sp³-hybridized carbons (Fsp3) is 0. The van der Waals surface area contributed by atoms with Gasteiger partial charge in [-0.3, -0.25) is 0 Å². The molecule has 0 fully saturated rings. The van der Waals surface area contributed by atoms with E-state index >= 15 is 0 Å². The summed E-state index contributed by atoms with van der Waals surface area (Å²) in [5, 5.41) is 8.34. The second-order valence-electron chi connectivity index (χ2n) is 3.67. The predicted octanol–water partition coefficient (Wildman–Crippen LogP) is 3.70. The van der Waals surface area contributed by atoms with Crippen molar-refractivity contribution < 1.29 is 4.52 Å². The molecule has 0 radical (unpaired) electrons. The van der Waals surface area contributed by atoms with E-state index in [1.54, 1.807) is 29.5 Å². The van der Waals surface area contributed by atoms with Gasteiger partial charge in [-0.15, -0.1) is 0 Å². The topological polar surface area (TPSA) is 64.9 Å². The molecule has 0 amide bonds. The Morgan fingerprint density at radius 2 is 2.17 bits per heavy atom. The zero-order valence-electron chi connectivity index (χ0n) is 9.13. The van der Waals surface area contributed by atoms with Gasteiger partial charge in [-0.1, -0.05) is 16.8 Å². The Hall–Kier alpha value is -1.85. The summed E-state index contributed by atoms with van der Waals surface area (Å²) in [6.45, 7) is 0. The van der Waals surface area contributed by atoms with E-state index in [9.17, 15) is 0 Å². The molecule has 0 aliphatic carbocycles. The number of nitrogens with zero attached hydrogens (tertiary/aromatic N) is 2. The first-order chi connectivity index (χ1) is 8.74. The largest absolute Gasteiger partial charge is 0.399 e. The van der Waals surface area contributed by atoms with E-state index in [1.165, 1.54) is 0 Å². The molecule has 6 heteroatoms. The number of halogens is 1. The molecule has 2 heterocycles. The van der Waals surface area contributed by atoms with Crippen LogP contribution in [0.4, 0.5) is 5.69 Å². The number of anilines is 1. The fourth-order valence-corrected chi connectivity index (χ4v) is 2.45. The van der Waals surface area contributed by atoms with Gasteiger partial charge >= 0.3 is 0 Å². The van der Waals surface area contributed by atoms with E-state index in [4.69, 9.17) is 21.9 Å². The minimum atomic E-state index is 0.390. The van der Waals surface area contributed by atoms with Crippen LogP contribution >= 0.6 is 22.9 Å². The van der Waals surface area contributed by atoms with Gasteiger partial charge in [0.15, 0.2) is 0 Å². The summed E-state index contributed by atoms with van der Waals surface area (Å²) in [6, 6.07) is 7.10. The van der Waals surface area contributed by atoms with Gasteiger partial charge in [0.2, 0.25) is 5.82 Å². The number of nitrogen functional groups attached to an aromatic ring is 1. The van der Waals surface area contributed by atoms with Crippen LogP contribution < -0.4 is 5.73 Å². The summed E-state index contributed by atoms with van der Waals surface area (Å²) in [6.07, 6.45) is 0. The van der Waals surface area contributed by atoms with Crippen LogP contribution in [-0.4, -0.2) is 10.1 Å². The van der Waals surface area contributed by atoms with Crippen molar-refractivity contribution in [1.29, 1.82) is 0 Å². The molecule has 3 aromatic rings. The van der Waals surface area contributed by atoms with Gasteiger partial charge in [-0.25, -0.2) is 0 Å². The number of benzene rings is 1. The highest BCUT2D eigenvalue weighted by molar-refractivity contribution is 7.08. The third-order valence-corrected chi connectivity index (χ3v) is 3.42. The monoisotopic (exact) mass is 277 g/mol. The molecule has 90 valence electrons. The van der Waals surface area contributed by atoms with E-state index in [2.05, 4.69) is 10.1 Å². The molecule has 0 aliphatic rings. The highest BCUT2D eigenvalue weighted by Crippen LogP contribution is 2.30. The lowest BCUT2D eigenvalue weighted by Gasteiger charge is -1.99. The van der Waals surface area contributed by atoms with Crippen molar-refractivity contribution in [2.45, 2.75) is 0 Å². The minimum Gasteiger partial charge on any atom is -0.399 e. The van der Waals surface area contributed by atoms with E-state index in [0.29, 0.717) is 28.0 Å². The van der Waals surface area contributed by atoms with Crippen LogP contribution in [0.15, 0.2) is 39.5 Å². The highest BCUT2D eigenvalue weighted by atomic mass is 35.5. The summed E-state index contributed by atoms with van der Waals surface area (Å²) in [7, 11) is 0. The zero-order valence-corrected chi connectivity index (χ0v) is 10.7. The van der Waals surface area contributed by atoms with Gasteiger partial charge in [-0.05, 0) is 29.6 Å². The summed E-state index contributed by atoms with van der Waals surface area (Å²) in [5.74, 6) is 0.945. The third-order valence-electron chi connectivity index (χ3n) is 2.43. The van der Waals surface area contributed by atoms with E-state index in [1.807, 2.05) is 16.8 Å². The number of nitrogens with two attached hydrogens (primary N) is 1.